The van der Waals surface area contributed by atoms with Gasteiger partial charge in [0.2, 0.25) is 0 Å². The quantitative estimate of drug-likeness (QED) is 0.687. The number of carbonyl (C=O) groups is 2. The van der Waals surface area contributed by atoms with E-state index in [4.69, 9.17) is 4.74 Å². The van der Waals surface area contributed by atoms with E-state index in [1.165, 1.54) is 18.2 Å². The molecule has 1 aromatic carbocycles. The number of ether oxygens (including phenoxy) is 1. The van der Waals surface area contributed by atoms with E-state index in [2.05, 4.69) is 4.98 Å². The number of hydrogen-bond donors (Lipinski definition) is 3. The Morgan fingerprint density at radius 3 is 2.74 bits per heavy atom. The van der Waals surface area contributed by atoms with Crippen molar-refractivity contribution in [3.8, 4) is 5.75 Å². The molecule has 23 heavy (non-hydrogen) atoms. The molecule has 0 unspecified atom stereocenters. The van der Waals surface area contributed by atoms with Crippen LogP contribution < -0.4 is 9.03 Å². The van der Waals surface area contributed by atoms with Crippen LogP contribution in [0.25, 0.3) is 10.9 Å². The van der Waals surface area contributed by atoms with Crippen LogP contribution in [0.4, 0.5) is 5.69 Å². The summed E-state index contributed by atoms with van der Waals surface area (Å²) in [4.78, 5) is 25.8. The Bertz CT molecular complexity index is 917. The molecular formula is C13H13N3O6S. The molecule has 3 N–H and O–H groups in total. The van der Waals surface area contributed by atoms with E-state index < -0.39 is 28.6 Å². The average molecular weight is 339 g/mol. The first-order valence-electron chi connectivity index (χ1n) is 6.68. The Morgan fingerprint density at radius 1 is 1.39 bits per heavy atom. The minimum Gasteiger partial charge on any atom is -0.506 e. The number of nitrogens with zero attached hydrogens (tertiary/aromatic N) is 1. The molecule has 2 aromatic rings. The van der Waals surface area contributed by atoms with E-state index in [-0.39, 0.29) is 23.7 Å². The van der Waals surface area contributed by atoms with Gasteiger partial charge in [-0.05, 0) is 25.1 Å². The van der Waals surface area contributed by atoms with Crippen molar-refractivity contribution in [2.75, 3.05) is 17.5 Å². The number of H-pyrrole nitrogens is 1. The summed E-state index contributed by atoms with van der Waals surface area (Å²) in [6.07, 6.45) is 0. The van der Waals surface area contributed by atoms with Gasteiger partial charge in [-0.3, -0.25) is 4.79 Å². The second-order valence-electron chi connectivity index (χ2n) is 4.87. The number of carbonyl (C=O) groups excluding carboxylic acids is 2. The Hall–Kier alpha value is -2.75. The van der Waals surface area contributed by atoms with Gasteiger partial charge in [-0.15, -0.1) is 0 Å². The Balaban J connectivity index is 2.08. The highest BCUT2D eigenvalue weighted by molar-refractivity contribution is 7.92. The maximum atomic E-state index is 11.9. The van der Waals surface area contributed by atoms with Crippen molar-refractivity contribution in [1.82, 2.24) is 9.71 Å². The van der Waals surface area contributed by atoms with Gasteiger partial charge in [0.25, 0.3) is 5.91 Å². The van der Waals surface area contributed by atoms with Crippen molar-refractivity contribution in [1.29, 1.82) is 0 Å². The van der Waals surface area contributed by atoms with Crippen LogP contribution in [0, 0.1) is 0 Å². The molecule has 3 rings (SSSR count). The molecule has 10 heteroatoms. The van der Waals surface area contributed by atoms with Crippen molar-refractivity contribution in [3.63, 3.8) is 0 Å². The van der Waals surface area contributed by atoms with Crippen LogP contribution in [0.5, 0.6) is 5.75 Å². The summed E-state index contributed by atoms with van der Waals surface area (Å²) >= 11 is 0. The fraction of sp³-hybridized carbons (Fsp3) is 0.231. The molecule has 122 valence electrons. The van der Waals surface area contributed by atoms with Crippen molar-refractivity contribution in [2.45, 2.75) is 6.92 Å². The van der Waals surface area contributed by atoms with E-state index in [9.17, 15) is 23.1 Å². The van der Waals surface area contributed by atoms with Crippen molar-refractivity contribution in [3.05, 3.63) is 23.9 Å². The molecule has 2 heterocycles. The lowest BCUT2D eigenvalue weighted by Gasteiger charge is -2.16. The highest BCUT2D eigenvalue weighted by atomic mass is 32.2. The number of fused-ring (bicyclic) bond motifs is 1. The monoisotopic (exact) mass is 339 g/mol. The molecule has 0 bridgehead atoms. The number of esters is 1. The molecule has 1 aliphatic rings. The number of aromatic nitrogens is 1. The summed E-state index contributed by atoms with van der Waals surface area (Å²) in [5, 5.41) is 10.6. The van der Waals surface area contributed by atoms with Gasteiger partial charge >= 0.3 is 16.2 Å². The number of anilines is 1. The molecule has 0 saturated carbocycles. The minimum atomic E-state index is -4.03. The van der Waals surface area contributed by atoms with E-state index in [0.717, 1.165) is 4.31 Å². The highest BCUT2D eigenvalue weighted by Crippen LogP contribution is 2.34. The van der Waals surface area contributed by atoms with Gasteiger partial charge in [0.1, 0.15) is 18.0 Å². The lowest BCUT2D eigenvalue weighted by atomic mass is 10.2. The maximum absolute atomic E-state index is 11.9. The number of aromatic amines is 1. The third-order valence-electron chi connectivity index (χ3n) is 3.30. The maximum Gasteiger partial charge on any atom is 0.354 e. The zero-order valence-corrected chi connectivity index (χ0v) is 12.8. The first-order valence-corrected chi connectivity index (χ1v) is 8.12. The molecule has 9 nitrogen and oxygen atoms in total. The molecule has 1 fully saturated rings. The second kappa shape index (κ2) is 5.16. The van der Waals surface area contributed by atoms with Crippen molar-refractivity contribution >= 4 is 38.7 Å². The third-order valence-corrected chi connectivity index (χ3v) is 4.69. The van der Waals surface area contributed by atoms with Crippen LogP contribution in [0.15, 0.2) is 18.2 Å². The molecule has 1 saturated heterocycles. The number of amides is 1. The van der Waals surface area contributed by atoms with E-state index in [1.807, 2.05) is 4.72 Å². The first-order chi connectivity index (χ1) is 10.8. The lowest BCUT2D eigenvalue weighted by Crippen LogP contribution is -2.29. The van der Waals surface area contributed by atoms with E-state index in [1.54, 1.807) is 6.92 Å². The summed E-state index contributed by atoms with van der Waals surface area (Å²) in [6, 6.07) is 4.14. The number of hydrogen-bond acceptors (Lipinski definition) is 6. The minimum absolute atomic E-state index is 0.0619. The zero-order valence-electron chi connectivity index (χ0n) is 12.0. The summed E-state index contributed by atoms with van der Waals surface area (Å²) in [7, 11) is -4.03. The molecule has 1 aliphatic heterocycles. The van der Waals surface area contributed by atoms with Crippen LogP contribution in [-0.4, -0.2) is 43.5 Å². The predicted octanol–water partition coefficient (Wildman–Crippen LogP) is 0.231. The fourth-order valence-corrected chi connectivity index (χ4v) is 3.49. The first kappa shape index (κ1) is 15.2. The Kier molecular flexibility index (Phi) is 3.40. The second-order valence-corrected chi connectivity index (χ2v) is 6.46. The normalized spacial score (nSPS) is 16.6. The summed E-state index contributed by atoms with van der Waals surface area (Å²) in [5.41, 5.74) is 0.542. The summed E-state index contributed by atoms with van der Waals surface area (Å²) in [6.45, 7) is 1.46. The number of rotatable bonds is 3. The number of benzene rings is 1. The Labute approximate surface area is 131 Å². The summed E-state index contributed by atoms with van der Waals surface area (Å²) < 4.78 is 31.2. The van der Waals surface area contributed by atoms with Gasteiger partial charge in [-0.25, -0.2) is 13.8 Å². The smallest absolute Gasteiger partial charge is 0.354 e. The third kappa shape index (κ3) is 2.57. The molecule has 0 spiro atoms. The van der Waals surface area contributed by atoms with Crippen LogP contribution in [-0.2, 0) is 19.7 Å². The standard InChI is InChI=1S/C13H13N3O6S/c1-2-22-13(19)9-3-7-4-11(17)10(5-8(7)14-9)16-6-12(18)15-23(16,20)21/h3-5,14,17H,2,6H2,1H3,(H,15,18). The molecule has 0 aliphatic carbocycles. The summed E-state index contributed by atoms with van der Waals surface area (Å²) in [5.74, 6) is -1.58. The highest BCUT2D eigenvalue weighted by Gasteiger charge is 2.35. The predicted molar refractivity (Wildman–Crippen MR) is 80.3 cm³/mol. The Morgan fingerprint density at radius 2 is 2.13 bits per heavy atom. The zero-order chi connectivity index (χ0) is 16.8. The topological polar surface area (TPSA) is 129 Å². The van der Waals surface area contributed by atoms with Gasteiger partial charge in [0, 0.05) is 10.9 Å². The van der Waals surface area contributed by atoms with Crippen molar-refractivity contribution < 1.29 is 27.9 Å². The SMILES string of the molecule is CCOC(=O)c1cc2cc(O)c(N3CC(=O)NS3(=O)=O)cc2[nH]1. The molecular weight excluding hydrogens is 326 g/mol. The van der Waals surface area contributed by atoms with E-state index in [0.29, 0.717) is 10.9 Å². The number of phenolic OH excluding ortho intramolecular Hbond substituents is 1. The van der Waals surface area contributed by atoms with Crippen LogP contribution in [0.2, 0.25) is 0 Å². The molecule has 1 aromatic heterocycles. The van der Waals surface area contributed by atoms with Crippen molar-refractivity contribution in [2.24, 2.45) is 0 Å². The van der Waals surface area contributed by atoms with Crippen LogP contribution in [0.3, 0.4) is 0 Å². The van der Waals surface area contributed by atoms with Gasteiger partial charge in [-0.2, -0.15) is 8.42 Å². The lowest BCUT2D eigenvalue weighted by molar-refractivity contribution is -0.117. The molecule has 0 radical (unpaired) electrons. The van der Waals surface area contributed by atoms with Gasteiger partial charge in [0.05, 0.1) is 12.3 Å². The van der Waals surface area contributed by atoms with Gasteiger partial charge < -0.3 is 14.8 Å². The number of nitrogens with one attached hydrogen (secondary N) is 2. The van der Waals surface area contributed by atoms with E-state index >= 15 is 0 Å². The van der Waals surface area contributed by atoms with Crippen LogP contribution >= 0.6 is 0 Å². The number of phenols is 1. The molecule has 1 amide bonds. The molecule has 0 atom stereocenters. The van der Waals surface area contributed by atoms with Gasteiger partial charge in [0.15, 0.2) is 0 Å². The fourth-order valence-electron chi connectivity index (χ4n) is 2.34. The largest absolute Gasteiger partial charge is 0.506 e. The van der Waals surface area contributed by atoms with Gasteiger partial charge in [-0.1, -0.05) is 0 Å². The average Bonchev–Trinajstić information content (AvgIpc) is 2.97. The number of aromatic hydroxyl groups is 1. The van der Waals surface area contributed by atoms with Crippen LogP contribution in [0.1, 0.15) is 17.4 Å².